The van der Waals surface area contributed by atoms with Gasteiger partial charge in [0.2, 0.25) is 5.91 Å². The zero-order chi connectivity index (χ0) is 12.4. The van der Waals surface area contributed by atoms with Gasteiger partial charge >= 0.3 is 0 Å². The van der Waals surface area contributed by atoms with Crippen LogP contribution in [0.1, 0.15) is 32.6 Å². The van der Waals surface area contributed by atoms with Crippen molar-refractivity contribution in [3.63, 3.8) is 0 Å². The third-order valence-corrected chi connectivity index (χ3v) is 4.22. The molecule has 1 aliphatic carbocycles. The summed E-state index contributed by atoms with van der Waals surface area (Å²) in [4.78, 5) is 16.9. The monoisotopic (exact) mass is 239 g/mol. The fraction of sp³-hybridized carbons (Fsp3) is 0.923. The fourth-order valence-electron chi connectivity index (χ4n) is 3.21. The quantitative estimate of drug-likeness (QED) is 0.731. The van der Waals surface area contributed by atoms with Crippen LogP contribution in [0.3, 0.4) is 0 Å². The van der Waals surface area contributed by atoms with Crippen molar-refractivity contribution >= 4 is 5.91 Å². The van der Waals surface area contributed by atoms with Crippen molar-refractivity contribution in [3.05, 3.63) is 0 Å². The molecular weight excluding hydrogens is 214 g/mol. The molecule has 0 radical (unpaired) electrons. The zero-order valence-electron chi connectivity index (χ0n) is 11.1. The Hall–Kier alpha value is -0.610. The van der Waals surface area contributed by atoms with E-state index in [0.717, 1.165) is 45.3 Å². The molecule has 1 saturated heterocycles. The number of hydrogen-bond acceptors (Lipinski definition) is 3. The number of likely N-dealkylation sites (N-methyl/N-ethyl adjacent to an activating group) is 1. The maximum atomic E-state index is 12.5. The number of amides is 1. The molecule has 1 heterocycles. The average Bonchev–Trinajstić information content (AvgIpc) is 2.61. The van der Waals surface area contributed by atoms with Crippen molar-refractivity contribution in [3.8, 4) is 0 Å². The molecule has 1 aliphatic heterocycles. The highest BCUT2D eigenvalue weighted by Crippen LogP contribution is 2.27. The zero-order valence-corrected chi connectivity index (χ0v) is 11.1. The van der Waals surface area contributed by atoms with Gasteiger partial charge in [-0.1, -0.05) is 6.42 Å². The molecule has 2 N–H and O–H groups in total. The Bertz CT molecular complexity index is 282. The van der Waals surface area contributed by atoms with E-state index in [0.29, 0.717) is 11.9 Å². The normalized spacial score (nSPS) is 35.9. The van der Waals surface area contributed by atoms with Gasteiger partial charge in [0.15, 0.2) is 0 Å². The molecule has 1 saturated carbocycles. The van der Waals surface area contributed by atoms with Crippen molar-refractivity contribution in [1.29, 1.82) is 0 Å². The molecule has 3 atom stereocenters. The predicted octanol–water partition coefficient (Wildman–Crippen LogP) is 0.666. The first-order valence-electron chi connectivity index (χ1n) is 6.84. The second-order valence-corrected chi connectivity index (χ2v) is 5.70. The van der Waals surface area contributed by atoms with Crippen molar-refractivity contribution < 1.29 is 4.79 Å². The van der Waals surface area contributed by atoms with Crippen LogP contribution in [0.2, 0.25) is 0 Å². The Labute approximate surface area is 104 Å². The van der Waals surface area contributed by atoms with Gasteiger partial charge < -0.3 is 15.5 Å². The van der Waals surface area contributed by atoms with Crippen LogP contribution in [0, 0.1) is 5.92 Å². The van der Waals surface area contributed by atoms with Crippen LogP contribution < -0.4 is 5.73 Å². The second-order valence-electron chi connectivity index (χ2n) is 5.70. The molecule has 0 aromatic rings. The van der Waals surface area contributed by atoms with Gasteiger partial charge in [0.1, 0.15) is 0 Å². The maximum absolute atomic E-state index is 12.5. The highest BCUT2D eigenvalue weighted by Gasteiger charge is 2.35. The predicted molar refractivity (Wildman–Crippen MR) is 68.6 cm³/mol. The molecule has 1 amide bonds. The first-order valence-corrected chi connectivity index (χ1v) is 6.84. The lowest BCUT2D eigenvalue weighted by Crippen LogP contribution is -2.47. The molecule has 4 nitrogen and oxygen atoms in total. The van der Waals surface area contributed by atoms with Gasteiger partial charge in [-0.25, -0.2) is 0 Å². The number of hydrogen-bond donors (Lipinski definition) is 1. The summed E-state index contributed by atoms with van der Waals surface area (Å²) in [6, 6.07) is 0.415. The van der Waals surface area contributed by atoms with Gasteiger partial charge in [-0.3, -0.25) is 4.79 Å². The molecular formula is C13H25N3O. The molecule has 0 aromatic heterocycles. The van der Waals surface area contributed by atoms with Crippen molar-refractivity contribution in [1.82, 2.24) is 9.80 Å². The summed E-state index contributed by atoms with van der Waals surface area (Å²) in [5.41, 5.74) is 6.04. The van der Waals surface area contributed by atoms with Crippen LogP contribution in [0.15, 0.2) is 0 Å². The van der Waals surface area contributed by atoms with Gasteiger partial charge in [-0.15, -0.1) is 0 Å². The van der Waals surface area contributed by atoms with Crippen LogP contribution >= 0.6 is 0 Å². The molecule has 3 unspecified atom stereocenters. The lowest BCUT2D eigenvalue weighted by Gasteiger charge is -2.31. The number of carbonyl (C=O) groups excluding carboxylic acids is 1. The summed E-state index contributed by atoms with van der Waals surface area (Å²) in [5.74, 6) is 0.388. The molecule has 0 spiro atoms. The SMILES string of the molecule is CC1CN(C)CCCN1C(=O)C1CCCC1N. The minimum Gasteiger partial charge on any atom is -0.338 e. The van der Waals surface area contributed by atoms with E-state index in [9.17, 15) is 4.79 Å². The van der Waals surface area contributed by atoms with Crippen LogP contribution in [0.25, 0.3) is 0 Å². The van der Waals surface area contributed by atoms with Crippen LogP contribution in [0.4, 0.5) is 0 Å². The van der Waals surface area contributed by atoms with E-state index < -0.39 is 0 Å². The van der Waals surface area contributed by atoms with Gasteiger partial charge in [0.05, 0.1) is 5.92 Å². The molecule has 17 heavy (non-hydrogen) atoms. The Balaban J connectivity index is 2.02. The molecule has 4 heteroatoms. The number of nitrogens with zero attached hydrogens (tertiary/aromatic N) is 2. The Morgan fingerprint density at radius 1 is 1.24 bits per heavy atom. The standard InChI is InChI=1S/C13H25N3O/c1-10-9-15(2)7-4-8-16(10)13(17)11-5-3-6-12(11)14/h10-12H,3-9,14H2,1-2H3. The highest BCUT2D eigenvalue weighted by atomic mass is 16.2. The largest absolute Gasteiger partial charge is 0.338 e. The van der Waals surface area contributed by atoms with Crippen molar-refractivity contribution in [2.24, 2.45) is 11.7 Å². The summed E-state index contributed by atoms with van der Waals surface area (Å²) in [6.45, 7) is 5.12. The third-order valence-electron chi connectivity index (χ3n) is 4.22. The minimum atomic E-state index is 0.0841. The fourth-order valence-corrected chi connectivity index (χ4v) is 3.21. The lowest BCUT2D eigenvalue weighted by atomic mass is 10.0. The smallest absolute Gasteiger partial charge is 0.227 e. The van der Waals surface area contributed by atoms with E-state index in [1.807, 2.05) is 0 Å². The number of nitrogens with two attached hydrogens (primary N) is 1. The molecule has 2 rings (SSSR count). The highest BCUT2D eigenvalue weighted by molar-refractivity contribution is 5.80. The molecule has 98 valence electrons. The van der Waals surface area contributed by atoms with Gasteiger partial charge in [0, 0.05) is 25.2 Å². The molecule has 0 aromatic carbocycles. The molecule has 0 bridgehead atoms. The number of rotatable bonds is 1. The first kappa shape index (κ1) is 12.8. The van der Waals surface area contributed by atoms with Crippen molar-refractivity contribution in [2.45, 2.75) is 44.7 Å². The second kappa shape index (κ2) is 5.36. The van der Waals surface area contributed by atoms with E-state index in [4.69, 9.17) is 5.73 Å². The van der Waals surface area contributed by atoms with E-state index in [-0.39, 0.29) is 12.0 Å². The third kappa shape index (κ3) is 2.80. The van der Waals surface area contributed by atoms with E-state index >= 15 is 0 Å². The Kier molecular flexibility index (Phi) is 4.05. The van der Waals surface area contributed by atoms with Gasteiger partial charge in [0.25, 0.3) is 0 Å². The molecule has 2 fully saturated rings. The summed E-state index contributed by atoms with van der Waals surface area (Å²) in [5, 5.41) is 0. The van der Waals surface area contributed by atoms with Gasteiger partial charge in [-0.05, 0) is 39.8 Å². The summed E-state index contributed by atoms with van der Waals surface area (Å²) >= 11 is 0. The van der Waals surface area contributed by atoms with Crippen LogP contribution in [-0.4, -0.2) is 54.5 Å². The molecule has 2 aliphatic rings. The summed E-state index contributed by atoms with van der Waals surface area (Å²) in [6.07, 6.45) is 4.19. The summed E-state index contributed by atoms with van der Waals surface area (Å²) < 4.78 is 0. The maximum Gasteiger partial charge on any atom is 0.227 e. The Morgan fingerprint density at radius 3 is 2.65 bits per heavy atom. The van der Waals surface area contributed by atoms with Crippen molar-refractivity contribution in [2.75, 3.05) is 26.7 Å². The van der Waals surface area contributed by atoms with Gasteiger partial charge in [-0.2, -0.15) is 0 Å². The lowest BCUT2D eigenvalue weighted by molar-refractivity contribution is -0.137. The summed E-state index contributed by atoms with van der Waals surface area (Å²) in [7, 11) is 2.13. The number of carbonyl (C=O) groups is 1. The van der Waals surface area contributed by atoms with Crippen LogP contribution in [0.5, 0.6) is 0 Å². The average molecular weight is 239 g/mol. The first-order chi connectivity index (χ1) is 8.09. The van der Waals surface area contributed by atoms with E-state index in [1.165, 1.54) is 0 Å². The topological polar surface area (TPSA) is 49.6 Å². The van der Waals surface area contributed by atoms with E-state index in [1.54, 1.807) is 0 Å². The van der Waals surface area contributed by atoms with E-state index in [2.05, 4.69) is 23.8 Å². The minimum absolute atomic E-state index is 0.0841. The van der Waals surface area contributed by atoms with Crippen LogP contribution in [-0.2, 0) is 4.79 Å². The Morgan fingerprint density at radius 2 is 2.00 bits per heavy atom.